The normalized spacial score (nSPS) is 12.2. The maximum absolute atomic E-state index is 12.4. The van der Waals surface area contributed by atoms with Gasteiger partial charge in [-0.2, -0.15) is 5.10 Å². The highest BCUT2D eigenvalue weighted by atomic mass is 16.2. The third-order valence-electron chi connectivity index (χ3n) is 4.25. The molecule has 2 aromatic heterocycles. The predicted molar refractivity (Wildman–Crippen MR) is 84.2 cm³/mol. The lowest BCUT2D eigenvalue weighted by Crippen LogP contribution is -2.30. The van der Waals surface area contributed by atoms with E-state index >= 15 is 0 Å². The first-order valence-electron chi connectivity index (χ1n) is 7.42. The van der Waals surface area contributed by atoms with E-state index in [0.717, 1.165) is 17.1 Å². The SMILES string of the molecule is Cc1nn(C)c(C)c1CCC(=O)N(C)[C@H](C)c1ccncn1. The number of nitrogens with zero attached hydrogens (tertiary/aromatic N) is 5. The van der Waals surface area contributed by atoms with E-state index in [1.807, 2.05) is 45.6 Å². The second-order valence-electron chi connectivity index (χ2n) is 5.59. The summed E-state index contributed by atoms with van der Waals surface area (Å²) in [6.07, 6.45) is 4.39. The van der Waals surface area contributed by atoms with Crippen LogP contribution in [0.15, 0.2) is 18.6 Å². The van der Waals surface area contributed by atoms with E-state index in [9.17, 15) is 4.79 Å². The van der Waals surface area contributed by atoms with Gasteiger partial charge in [0.1, 0.15) is 6.33 Å². The van der Waals surface area contributed by atoms with Gasteiger partial charge in [-0.05, 0) is 38.8 Å². The minimum atomic E-state index is -0.0633. The third-order valence-corrected chi connectivity index (χ3v) is 4.25. The maximum Gasteiger partial charge on any atom is 0.223 e. The molecule has 6 nitrogen and oxygen atoms in total. The summed E-state index contributed by atoms with van der Waals surface area (Å²) >= 11 is 0. The Morgan fingerprint density at radius 3 is 2.68 bits per heavy atom. The average molecular weight is 301 g/mol. The number of aromatic nitrogens is 4. The Hall–Kier alpha value is -2.24. The molecule has 0 radical (unpaired) electrons. The summed E-state index contributed by atoms with van der Waals surface area (Å²) in [7, 11) is 3.75. The van der Waals surface area contributed by atoms with Crippen LogP contribution < -0.4 is 0 Å². The van der Waals surface area contributed by atoms with Gasteiger partial charge in [-0.25, -0.2) is 9.97 Å². The van der Waals surface area contributed by atoms with Gasteiger partial charge in [-0.3, -0.25) is 9.48 Å². The van der Waals surface area contributed by atoms with Crippen LogP contribution in [0, 0.1) is 13.8 Å². The standard InChI is InChI=1S/C16H23N5O/c1-11-14(12(2)21(5)19-11)6-7-16(22)20(4)13(3)15-8-9-17-10-18-15/h8-10,13H,6-7H2,1-5H3/t13-/m1/s1. The molecule has 22 heavy (non-hydrogen) atoms. The van der Waals surface area contributed by atoms with Crippen molar-refractivity contribution in [2.24, 2.45) is 7.05 Å². The van der Waals surface area contributed by atoms with Crippen molar-refractivity contribution in [3.63, 3.8) is 0 Å². The summed E-state index contributed by atoms with van der Waals surface area (Å²) in [4.78, 5) is 22.3. The molecule has 118 valence electrons. The molecule has 0 fully saturated rings. The molecule has 0 spiro atoms. The summed E-state index contributed by atoms with van der Waals surface area (Å²) in [6.45, 7) is 5.99. The Morgan fingerprint density at radius 2 is 2.14 bits per heavy atom. The summed E-state index contributed by atoms with van der Waals surface area (Å²) in [5, 5.41) is 4.39. The average Bonchev–Trinajstić information content (AvgIpc) is 2.77. The van der Waals surface area contributed by atoms with Crippen LogP contribution >= 0.6 is 0 Å². The van der Waals surface area contributed by atoms with Gasteiger partial charge in [0.05, 0.1) is 17.4 Å². The van der Waals surface area contributed by atoms with Crippen LogP contribution in [0.2, 0.25) is 0 Å². The molecule has 0 bridgehead atoms. The number of hydrogen-bond acceptors (Lipinski definition) is 4. The van der Waals surface area contributed by atoms with Crippen LogP contribution in [0.25, 0.3) is 0 Å². The zero-order valence-corrected chi connectivity index (χ0v) is 13.9. The molecule has 0 aromatic carbocycles. The van der Waals surface area contributed by atoms with Gasteiger partial charge in [-0.1, -0.05) is 0 Å². The van der Waals surface area contributed by atoms with Gasteiger partial charge in [0.15, 0.2) is 0 Å². The third kappa shape index (κ3) is 3.32. The van der Waals surface area contributed by atoms with Crippen molar-refractivity contribution in [1.29, 1.82) is 0 Å². The van der Waals surface area contributed by atoms with Crippen LogP contribution in [0.4, 0.5) is 0 Å². The van der Waals surface area contributed by atoms with Crippen molar-refractivity contribution in [1.82, 2.24) is 24.6 Å². The first kappa shape index (κ1) is 16.1. The molecule has 0 unspecified atom stereocenters. The van der Waals surface area contributed by atoms with E-state index in [2.05, 4.69) is 15.1 Å². The minimum Gasteiger partial charge on any atom is -0.337 e. The van der Waals surface area contributed by atoms with E-state index < -0.39 is 0 Å². The maximum atomic E-state index is 12.4. The second-order valence-corrected chi connectivity index (χ2v) is 5.59. The molecule has 2 rings (SSSR count). The molecule has 6 heteroatoms. The van der Waals surface area contributed by atoms with Gasteiger partial charge >= 0.3 is 0 Å². The molecule has 0 aliphatic rings. The highest BCUT2D eigenvalue weighted by Gasteiger charge is 2.19. The molecule has 2 heterocycles. The topological polar surface area (TPSA) is 63.9 Å². The zero-order valence-electron chi connectivity index (χ0n) is 13.9. The second kappa shape index (κ2) is 6.68. The molecule has 0 N–H and O–H groups in total. The van der Waals surface area contributed by atoms with Gasteiger partial charge in [0.25, 0.3) is 0 Å². The van der Waals surface area contributed by atoms with Crippen LogP contribution in [0.1, 0.15) is 42.0 Å². The Kier molecular flexibility index (Phi) is 4.90. The molecule has 2 aromatic rings. The Balaban J connectivity index is 2.00. The fourth-order valence-electron chi connectivity index (χ4n) is 2.55. The number of hydrogen-bond donors (Lipinski definition) is 0. The Morgan fingerprint density at radius 1 is 1.41 bits per heavy atom. The Labute approximate surface area is 131 Å². The quantitative estimate of drug-likeness (QED) is 0.847. The highest BCUT2D eigenvalue weighted by molar-refractivity contribution is 5.76. The van der Waals surface area contributed by atoms with Crippen molar-refractivity contribution in [2.45, 2.75) is 39.7 Å². The summed E-state index contributed by atoms with van der Waals surface area (Å²) in [6, 6.07) is 1.77. The van der Waals surface area contributed by atoms with E-state index in [1.54, 1.807) is 11.1 Å². The van der Waals surface area contributed by atoms with E-state index in [0.29, 0.717) is 12.8 Å². The molecular formula is C16H23N5O. The van der Waals surface area contributed by atoms with Crippen LogP contribution in [0.5, 0.6) is 0 Å². The molecule has 0 aliphatic carbocycles. The first-order valence-corrected chi connectivity index (χ1v) is 7.42. The monoisotopic (exact) mass is 301 g/mol. The summed E-state index contributed by atoms with van der Waals surface area (Å²) in [5.74, 6) is 0.105. The minimum absolute atomic E-state index is 0.0633. The fraction of sp³-hybridized carbons (Fsp3) is 0.500. The first-order chi connectivity index (χ1) is 10.4. The zero-order chi connectivity index (χ0) is 16.3. The lowest BCUT2D eigenvalue weighted by atomic mass is 10.1. The lowest BCUT2D eigenvalue weighted by Gasteiger charge is -2.24. The summed E-state index contributed by atoms with van der Waals surface area (Å²) < 4.78 is 1.86. The number of carbonyl (C=O) groups is 1. The lowest BCUT2D eigenvalue weighted by molar-refractivity contribution is -0.131. The molecule has 0 saturated heterocycles. The molecule has 0 aliphatic heterocycles. The molecular weight excluding hydrogens is 278 g/mol. The predicted octanol–water partition coefficient (Wildman–Crippen LogP) is 1.98. The van der Waals surface area contributed by atoms with E-state index in [1.165, 1.54) is 11.9 Å². The number of rotatable bonds is 5. The van der Waals surface area contributed by atoms with Gasteiger partial charge < -0.3 is 4.90 Å². The summed E-state index contributed by atoms with van der Waals surface area (Å²) in [5.41, 5.74) is 4.13. The van der Waals surface area contributed by atoms with Crippen LogP contribution in [-0.4, -0.2) is 37.6 Å². The Bertz CT molecular complexity index is 650. The fourth-order valence-corrected chi connectivity index (χ4v) is 2.55. The number of aryl methyl sites for hydroxylation is 2. The van der Waals surface area contributed by atoms with Crippen molar-refractivity contribution in [3.05, 3.63) is 41.2 Å². The molecule has 0 saturated carbocycles. The van der Waals surface area contributed by atoms with Crippen molar-refractivity contribution >= 4 is 5.91 Å². The van der Waals surface area contributed by atoms with Gasteiger partial charge in [0.2, 0.25) is 5.91 Å². The number of amides is 1. The number of carbonyl (C=O) groups excluding carboxylic acids is 1. The smallest absolute Gasteiger partial charge is 0.223 e. The van der Waals surface area contributed by atoms with Gasteiger partial charge in [-0.15, -0.1) is 0 Å². The van der Waals surface area contributed by atoms with E-state index in [4.69, 9.17) is 0 Å². The highest BCUT2D eigenvalue weighted by Crippen LogP contribution is 2.19. The molecule has 1 atom stereocenters. The largest absolute Gasteiger partial charge is 0.337 e. The van der Waals surface area contributed by atoms with Crippen molar-refractivity contribution in [2.75, 3.05) is 7.05 Å². The molecule has 1 amide bonds. The van der Waals surface area contributed by atoms with Crippen molar-refractivity contribution < 1.29 is 4.79 Å². The van der Waals surface area contributed by atoms with Gasteiger partial charge in [0, 0.05) is 32.4 Å². The van der Waals surface area contributed by atoms with Crippen LogP contribution in [0.3, 0.4) is 0 Å². The van der Waals surface area contributed by atoms with Crippen LogP contribution in [-0.2, 0) is 18.3 Å². The van der Waals surface area contributed by atoms with E-state index in [-0.39, 0.29) is 11.9 Å². The van der Waals surface area contributed by atoms with Crippen molar-refractivity contribution in [3.8, 4) is 0 Å².